The van der Waals surface area contributed by atoms with Gasteiger partial charge >= 0.3 is 12.1 Å². The van der Waals surface area contributed by atoms with Crippen LogP contribution in [0.3, 0.4) is 0 Å². The predicted octanol–water partition coefficient (Wildman–Crippen LogP) is 5.44. The molecule has 0 bridgehead atoms. The summed E-state index contributed by atoms with van der Waals surface area (Å²) in [5.41, 5.74) is -0.411. The van der Waals surface area contributed by atoms with E-state index in [2.05, 4.69) is 0 Å². The van der Waals surface area contributed by atoms with Crippen molar-refractivity contribution in [3.8, 4) is 11.5 Å². The van der Waals surface area contributed by atoms with Crippen LogP contribution in [0.4, 0.5) is 22.0 Å². The van der Waals surface area contributed by atoms with Gasteiger partial charge in [-0.3, -0.25) is 0 Å². The highest BCUT2D eigenvalue weighted by molar-refractivity contribution is 5.39. The number of alkyl halides is 5. The van der Waals surface area contributed by atoms with Crippen molar-refractivity contribution in [1.82, 2.24) is 0 Å². The number of para-hydroxylation sites is 1. The van der Waals surface area contributed by atoms with Crippen molar-refractivity contribution in [3.05, 3.63) is 59.7 Å². The largest absolute Gasteiger partial charge is 0.458 e. The molecule has 112 valence electrons. The summed E-state index contributed by atoms with van der Waals surface area (Å²) in [6.07, 6.45) is -5.64. The van der Waals surface area contributed by atoms with Crippen molar-refractivity contribution < 1.29 is 26.7 Å². The minimum atomic E-state index is -5.64. The Balaban J connectivity index is 2.33. The van der Waals surface area contributed by atoms with Gasteiger partial charge in [0.2, 0.25) is 0 Å². The molecule has 0 saturated carbocycles. The Morgan fingerprint density at radius 3 is 2.14 bits per heavy atom. The topological polar surface area (TPSA) is 9.23 Å². The summed E-state index contributed by atoms with van der Waals surface area (Å²) in [5.74, 6) is -4.60. The van der Waals surface area contributed by atoms with Gasteiger partial charge in [0.05, 0.1) is 0 Å². The van der Waals surface area contributed by atoms with Gasteiger partial charge in [0.25, 0.3) is 0 Å². The zero-order valence-electron chi connectivity index (χ0n) is 10.9. The van der Waals surface area contributed by atoms with E-state index < -0.39 is 17.7 Å². The number of hydrogen-bond donors (Lipinski definition) is 0. The third-order valence-electron chi connectivity index (χ3n) is 2.87. The Labute approximate surface area is 118 Å². The maximum Gasteiger partial charge on any atom is 0.458 e. The Morgan fingerprint density at radius 1 is 0.857 bits per heavy atom. The Bertz CT molecular complexity index is 634. The van der Waals surface area contributed by atoms with Gasteiger partial charge in [-0.2, -0.15) is 22.0 Å². The van der Waals surface area contributed by atoms with E-state index in [9.17, 15) is 22.0 Å². The van der Waals surface area contributed by atoms with Crippen molar-refractivity contribution in [3.63, 3.8) is 0 Å². The standard InChI is InChI=1S/C15H11F5O/c1-10-5-2-3-8-13(10)21-12-7-4-6-11(9-12)14(16,17)15(18,19)20/h2-9H,1H3. The maximum absolute atomic E-state index is 13.3. The van der Waals surface area contributed by atoms with Gasteiger partial charge in [0.15, 0.2) is 0 Å². The second-order valence-electron chi connectivity index (χ2n) is 4.47. The molecule has 1 nitrogen and oxygen atoms in total. The lowest BCUT2D eigenvalue weighted by atomic mass is 10.1. The van der Waals surface area contributed by atoms with E-state index in [4.69, 9.17) is 4.74 Å². The molecule has 0 unspecified atom stereocenters. The summed E-state index contributed by atoms with van der Waals surface area (Å²) in [6.45, 7) is 1.74. The molecule has 0 atom stereocenters. The van der Waals surface area contributed by atoms with E-state index in [0.29, 0.717) is 11.8 Å². The zero-order valence-corrected chi connectivity index (χ0v) is 10.9. The fourth-order valence-electron chi connectivity index (χ4n) is 1.72. The van der Waals surface area contributed by atoms with Crippen LogP contribution < -0.4 is 4.74 Å². The summed E-state index contributed by atoms with van der Waals surface area (Å²) in [7, 11) is 0. The predicted molar refractivity (Wildman–Crippen MR) is 67.6 cm³/mol. The van der Waals surface area contributed by atoms with E-state index in [1.807, 2.05) is 0 Å². The molecule has 0 aliphatic carbocycles. The number of halogens is 5. The molecule has 2 aromatic carbocycles. The molecular formula is C15H11F5O. The molecule has 2 rings (SSSR count). The molecule has 0 saturated heterocycles. The third kappa shape index (κ3) is 3.15. The van der Waals surface area contributed by atoms with Crippen LogP contribution in [0.15, 0.2) is 48.5 Å². The second kappa shape index (κ2) is 5.35. The minimum absolute atomic E-state index is 0.0780. The normalized spacial score (nSPS) is 12.3. The highest BCUT2D eigenvalue weighted by Crippen LogP contribution is 2.44. The van der Waals surface area contributed by atoms with Gasteiger partial charge in [-0.15, -0.1) is 0 Å². The van der Waals surface area contributed by atoms with Crippen molar-refractivity contribution in [2.24, 2.45) is 0 Å². The summed E-state index contributed by atoms with van der Waals surface area (Å²) in [6, 6.07) is 10.6. The second-order valence-corrected chi connectivity index (χ2v) is 4.47. The third-order valence-corrected chi connectivity index (χ3v) is 2.87. The fraction of sp³-hybridized carbons (Fsp3) is 0.200. The molecule has 0 radical (unpaired) electrons. The first-order chi connectivity index (χ1) is 9.72. The average molecular weight is 302 g/mol. The first-order valence-electron chi connectivity index (χ1n) is 6.00. The highest BCUT2D eigenvalue weighted by Gasteiger charge is 2.58. The van der Waals surface area contributed by atoms with Crippen LogP contribution in [0, 0.1) is 6.92 Å². The SMILES string of the molecule is Cc1ccccc1Oc1cccc(C(F)(F)C(F)(F)F)c1. The molecule has 0 amide bonds. The number of hydrogen-bond acceptors (Lipinski definition) is 1. The van der Waals surface area contributed by atoms with Gasteiger partial charge in [-0.25, -0.2) is 0 Å². The summed E-state index contributed by atoms with van der Waals surface area (Å²) in [5, 5.41) is 0. The van der Waals surface area contributed by atoms with Crippen LogP contribution in [-0.2, 0) is 5.92 Å². The number of ether oxygens (including phenoxy) is 1. The van der Waals surface area contributed by atoms with Crippen LogP contribution in [0.2, 0.25) is 0 Å². The monoisotopic (exact) mass is 302 g/mol. The molecule has 0 aliphatic rings. The number of aryl methyl sites for hydroxylation is 1. The van der Waals surface area contributed by atoms with Crippen LogP contribution in [0.1, 0.15) is 11.1 Å². The first-order valence-corrected chi connectivity index (χ1v) is 6.00. The lowest BCUT2D eigenvalue weighted by Crippen LogP contribution is -2.33. The summed E-state index contributed by atoms with van der Waals surface area (Å²) >= 11 is 0. The van der Waals surface area contributed by atoms with Crippen molar-refractivity contribution in [1.29, 1.82) is 0 Å². The molecule has 21 heavy (non-hydrogen) atoms. The molecule has 2 aromatic rings. The van der Waals surface area contributed by atoms with E-state index in [1.165, 1.54) is 6.07 Å². The Hall–Kier alpha value is -2.11. The minimum Gasteiger partial charge on any atom is -0.457 e. The number of benzene rings is 2. The van der Waals surface area contributed by atoms with E-state index in [0.717, 1.165) is 17.7 Å². The number of rotatable bonds is 3. The van der Waals surface area contributed by atoms with Gasteiger partial charge in [0.1, 0.15) is 11.5 Å². The van der Waals surface area contributed by atoms with Crippen molar-refractivity contribution >= 4 is 0 Å². The first kappa shape index (κ1) is 15.3. The highest BCUT2D eigenvalue weighted by atomic mass is 19.4. The van der Waals surface area contributed by atoms with E-state index in [-0.39, 0.29) is 5.75 Å². The molecule has 0 aromatic heterocycles. The van der Waals surface area contributed by atoms with Crippen LogP contribution in [-0.4, -0.2) is 6.18 Å². The molecule has 6 heteroatoms. The quantitative estimate of drug-likeness (QED) is 0.686. The van der Waals surface area contributed by atoms with Crippen molar-refractivity contribution in [2.75, 3.05) is 0 Å². The molecule has 0 fully saturated rings. The molecule has 0 aliphatic heterocycles. The van der Waals surface area contributed by atoms with Crippen molar-refractivity contribution in [2.45, 2.75) is 19.0 Å². The zero-order chi connectivity index (χ0) is 15.7. The van der Waals surface area contributed by atoms with Gasteiger partial charge in [-0.1, -0.05) is 30.3 Å². The van der Waals surface area contributed by atoms with Crippen LogP contribution in [0.25, 0.3) is 0 Å². The Kier molecular flexibility index (Phi) is 3.89. The Morgan fingerprint density at radius 2 is 1.52 bits per heavy atom. The van der Waals surface area contributed by atoms with E-state index in [1.54, 1.807) is 31.2 Å². The lowest BCUT2D eigenvalue weighted by Gasteiger charge is -2.20. The average Bonchev–Trinajstić information content (AvgIpc) is 2.40. The van der Waals surface area contributed by atoms with Gasteiger partial charge in [-0.05, 0) is 30.7 Å². The van der Waals surface area contributed by atoms with Gasteiger partial charge in [0, 0.05) is 5.56 Å². The molecule has 0 heterocycles. The molecular weight excluding hydrogens is 291 g/mol. The molecule has 0 spiro atoms. The summed E-state index contributed by atoms with van der Waals surface area (Å²) in [4.78, 5) is 0. The fourth-order valence-corrected chi connectivity index (χ4v) is 1.72. The smallest absolute Gasteiger partial charge is 0.457 e. The maximum atomic E-state index is 13.3. The lowest BCUT2D eigenvalue weighted by molar-refractivity contribution is -0.289. The summed E-state index contributed by atoms with van der Waals surface area (Å²) < 4.78 is 69.0. The molecule has 0 N–H and O–H groups in total. The van der Waals surface area contributed by atoms with Crippen LogP contribution >= 0.6 is 0 Å². The van der Waals surface area contributed by atoms with E-state index >= 15 is 0 Å². The van der Waals surface area contributed by atoms with Crippen LogP contribution in [0.5, 0.6) is 11.5 Å². The van der Waals surface area contributed by atoms with Gasteiger partial charge < -0.3 is 4.74 Å².